The van der Waals surface area contributed by atoms with Crippen molar-refractivity contribution in [1.82, 2.24) is 10.4 Å². The zero-order chi connectivity index (χ0) is 13.8. The maximum absolute atomic E-state index is 5.86. The van der Waals surface area contributed by atoms with Crippen molar-refractivity contribution in [3.05, 3.63) is 29.6 Å². The third-order valence-corrected chi connectivity index (χ3v) is 4.47. The molecule has 3 unspecified atom stereocenters. The van der Waals surface area contributed by atoms with Gasteiger partial charge in [0.15, 0.2) is 0 Å². The number of aryl methyl sites for hydroxylation is 1. The quantitative estimate of drug-likeness (QED) is 0.646. The molecule has 1 heterocycles. The molecule has 3 heteroatoms. The highest BCUT2D eigenvalue weighted by molar-refractivity contribution is 5.23. The number of aromatic nitrogens is 1. The molecule has 106 valence electrons. The number of rotatable bonds is 4. The van der Waals surface area contributed by atoms with Gasteiger partial charge in [-0.1, -0.05) is 26.8 Å². The summed E-state index contributed by atoms with van der Waals surface area (Å²) in [4.78, 5) is 4.60. The predicted octanol–water partition coefficient (Wildman–Crippen LogP) is 3.22. The van der Waals surface area contributed by atoms with Crippen LogP contribution in [0.3, 0.4) is 0 Å². The Balaban J connectivity index is 2.23. The van der Waals surface area contributed by atoms with Gasteiger partial charge >= 0.3 is 0 Å². The zero-order valence-electron chi connectivity index (χ0n) is 12.4. The first kappa shape index (κ1) is 14.5. The van der Waals surface area contributed by atoms with E-state index in [0.717, 1.165) is 24.0 Å². The maximum atomic E-state index is 5.86. The molecule has 3 atom stereocenters. The second-order valence-electron chi connectivity index (χ2n) is 6.22. The largest absolute Gasteiger partial charge is 0.271 e. The topological polar surface area (TPSA) is 50.9 Å². The Labute approximate surface area is 117 Å². The lowest BCUT2D eigenvalue weighted by atomic mass is 9.73. The standard InChI is InChI=1S/C16H27N3/c1-4-13-6-5-7-18-15(13)16(19-17)14-9-11(2)8-12(3)10-14/h5-7,11-12,14,16,19H,4,8-10,17H2,1-3H3. The van der Waals surface area contributed by atoms with Gasteiger partial charge < -0.3 is 0 Å². The first-order valence-electron chi connectivity index (χ1n) is 7.55. The second-order valence-corrected chi connectivity index (χ2v) is 6.22. The lowest BCUT2D eigenvalue weighted by Crippen LogP contribution is -2.38. The third-order valence-electron chi connectivity index (χ3n) is 4.47. The summed E-state index contributed by atoms with van der Waals surface area (Å²) in [5.41, 5.74) is 5.51. The van der Waals surface area contributed by atoms with Crippen LogP contribution in [0.2, 0.25) is 0 Å². The molecule has 0 aliphatic heterocycles. The molecule has 3 N–H and O–H groups in total. The maximum Gasteiger partial charge on any atom is 0.0663 e. The Kier molecular flexibility index (Phi) is 4.94. The monoisotopic (exact) mass is 261 g/mol. The minimum Gasteiger partial charge on any atom is -0.271 e. The SMILES string of the molecule is CCc1cccnc1C(NN)C1CC(C)CC(C)C1. The molecule has 1 aromatic rings. The molecule has 1 saturated carbocycles. The summed E-state index contributed by atoms with van der Waals surface area (Å²) < 4.78 is 0. The highest BCUT2D eigenvalue weighted by atomic mass is 15.2. The number of hydrogen-bond donors (Lipinski definition) is 2. The van der Waals surface area contributed by atoms with Gasteiger partial charge in [-0.05, 0) is 55.1 Å². The van der Waals surface area contributed by atoms with Crippen molar-refractivity contribution in [1.29, 1.82) is 0 Å². The van der Waals surface area contributed by atoms with E-state index in [1.54, 1.807) is 0 Å². The van der Waals surface area contributed by atoms with Crippen LogP contribution in [-0.4, -0.2) is 4.98 Å². The van der Waals surface area contributed by atoms with E-state index in [9.17, 15) is 0 Å². The highest BCUT2D eigenvalue weighted by Gasteiger charge is 2.31. The van der Waals surface area contributed by atoms with Crippen molar-refractivity contribution in [2.24, 2.45) is 23.6 Å². The summed E-state index contributed by atoms with van der Waals surface area (Å²) in [5, 5.41) is 0. The molecule has 0 bridgehead atoms. The number of nitrogens with one attached hydrogen (secondary N) is 1. The minimum absolute atomic E-state index is 0.196. The van der Waals surface area contributed by atoms with E-state index in [4.69, 9.17) is 5.84 Å². The highest BCUT2D eigenvalue weighted by Crippen LogP contribution is 2.39. The van der Waals surface area contributed by atoms with Gasteiger partial charge in [0.25, 0.3) is 0 Å². The Morgan fingerprint density at radius 1 is 1.32 bits per heavy atom. The molecular weight excluding hydrogens is 234 g/mol. The lowest BCUT2D eigenvalue weighted by Gasteiger charge is -2.36. The van der Waals surface area contributed by atoms with Crippen molar-refractivity contribution in [3.63, 3.8) is 0 Å². The lowest BCUT2D eigenvalue weighted by molar-refractivity contribution is 0.174. The third kappa shape index (κ3) is 3.34. The van der Waals surface area contributed by atoms with Gasteiger partial charge in [-0.2, -0.15) is 0 Å². The summed E-state index contributed by atoms with van der Waals surface area (Å²) in [6.45, 7) is 6.89. The van der Waals surface area contributed by atoms with E-state index in [1.807, 2.05) is 12.3 Å². The fourth-order valence-corrected chi connectivity index (χ4v) is 3.75. The smallest absolute Gasteiger partial charge is 0.0663 e. The Morgan fingerprint density at radius 2 is 2.00 bits per heavy atom. The first-order valence-corrected chi connectivity index (χ1v) is 7.55. The summed E-state index contributed by atoms with van der Waals surface area (Å²) in [5.74, 6) is 8.04. The fraction of sp³-hybridized carbons (Fsp3) is 0.688. The van der Waals surface area contributed by atoms with E-state index in [2.05, 4.69) is 37.2 Å². The van der Waals surface area contributed by atoms with Crippen molar-refractivity contribution >= 4 is 0 Å². The van der Waals surface area contributed by atoms with Crippen LogP contribution in [0.5, 0.6) is 0 Å². The molecule has 0 aromatic carbocycles. The molecule has 0 spiro atoms. The van der Waals surface area contributed by atoms with Gasteiger partial charge in [0.05, 0.1) is 11.7 Å². The number of nitrogens with two attached hydrogens (primary N) is 1. The van der Waals surface area contributed by atoms with Gasteiger partial charge in [0.1, 0.15) is 0 Å². The molecule has 2 rings (SSSR count). The van der Waals surface area contributed by atoms with Gasteiger partial charge in [-0.25, -0.2) is 0 Å². The van der Waals surface area contributed by atoms with Crippen molar-refractivity contribution < 1.29 is 0 Å². The molecule has 1 aliphatic rings. The van der Waals surface area contributed by atoms with Crippen LogP contribution in [0, 0.1) is 17.8 Å². The van der Waals surface area contributed by atoms with E-state index in [-0.39, 0.29) is 6.04 Å². The predicted molar refractivity (Wildman–Crippen MR) is 79.3 cm³/mol. The van der Waals surface area contributed by atoms with Crippen LogP contribution in [0.1, 0.15) is 57.3 Å². The van der Waals surface area contributed by atoms with Crippen LogP contribution >= 0.6 is 0 Å². The molecule has 1 aliphatic carbocycles. The summed E-state index contributed by atoms with van der Waals surface area (Å²) >= 11 is 0. The zero-order valence-corrected chi connectivity index (χ0v) is 12.4. The van der Waals surface area contributed by atoms with E-state index < -0.39 is 0 Å². The van der Waals surface area contributed by atoms with Gasteiger partial charge in [0, 0.05) is 6.20 Å². The number of nitrogens with zero attached hydrogens (tertiary/aromatic N) is 1. The van der Waals surface area contributed by atoms with Crippen LogP contribution in [0.25, 0.3) is 0 Å². The number of pyridine rings is 1. The van der Waals surface area contributed by atoms with Gasteiger partial charge in [0.2, 0.25) is 0 Å². The van der Waals surface area contributed by atoms with E-state index in [0.29, 0.717) is 5.92 Å². The molecule has 3 nitrogen and oxygen atoms in total. The van der Waals surface area contributed by atoms with E-state index >= 15 is 0 Å². The first-order chi connectivity index (χ1) is 9.15. The summed E-state index contributed by atoms with van der Waals surface area (Å²) in [7, 11) is 0. The van der Waals surface area contributed by atoms with Gasteiger partial charge in [-0.15, -0.1) is 0 Å². The van der Waals surface area contributed by atoms with Crippen molar-refractivity contribution in [2.45, 2.75) is 52.5 Å². The minimum atomic E-state index is 0.196. The molecule has 1 aromatic heterocycles. The van der Waals surface area contributed by atoms with Crippen LogP contribution < -0.4 is 11.3 Å². The fourth-order valence-electron chi connectivity index (χ4n) is 3.75. The molecule has 0 saturated heterocycles. The number of hydrogen-bond acceptors (Lipinski definition) is 3. The Hall–Kier alpha value is -0.930. The molecule has 19 heavy (non-hydrogen) atoms. The molecular formula is C16H27N3. The molecule has 0 amide bonds. The molecule has 0 radical (unpaired) electrons. The average molecular weight is 261 g/mol. The molecule has 1 fully saturated rings. The second kappa shape index (κ2) is 6.49. The number of hydrazine groups is 1. The van der Waals surface area contributed by atoms with Crippen LogP contribution in [-0.2, 0) is 6.42 Å². The van der Waals surface area contributed by atoms with Crippen molar-refractivity contribution in [2.75, 3.05) is 0 Å². The average Bonchev–Trinajstić information content (AvgIpc) is 2.39. The van der Waals surface area contributed by atoms with E-state index in [1.165, 1.54) is 24.8 Å². The normalized spacial score (nSPS) is 29.2. The van der Waals surface area contributed by atoms with Crippen LogP contribution in [0.15, 0.2) is 18.3 Å². The van der Waals surface area contributed by atoms with Crippen LogP contribution in [0.4, 0.5) is 0 Å². The Bertz CT molecular complexity index is 395. The van der Waals surface area contributed by atoms with Gasteiger partial charge in [-0.3, -0.25) is 16.3 Å². The Morgan fingerprint density at radius 3 is 2.58 bits per heavy atom. The summed E-state index contributed by atoms with van der Waals surface area (Å²) in [6.07, 6.45) is 6.74. The summed E-state index contributed by atoms with van der Waals surface area (Å²) in [6, 6.07) is 4.38. The van der Waals surface area contributed by atoms with Crippen molar-refractivity contribution in [3.8, 4) is 0 Å².